The average molecular weight is 684 g/mol. The van der Waals surface area contributed by atoms with Gasteiger partial charge in [-0.15, -0.1) is 0 Å². The molecular formula is C33H41N5O9S. The second-order valence-electron chi connectivity index (χ2n) is 11.1. The molecule has 0 bridgehead atoms. The third kappa shape index (κ3) is 10.5. The van der Waals surface area contributed by atoms with E-state index in [0.717, 1.165) is 37.9 Å². The summed E-state index contributed by atoms with van der Waals surface area (Å²) in [6.45, 7) is 3.51. The molecule has 0 saturated carbocycles. The van der Waals surface area contributed by atoms with Crippen LogP contribution in [0.4, 0.5) is 10.6 Å². The summed E-state index contributed by atoms with van der Waals surface area (Å²) in [6.07, 6.45) is 6.03. The maximum atomic E-state index is 13.0. The van der Waals surface area contributed by atoms with Crippen LogP contribution in [0.2, 0.25) is 0 Å². The summed E-state index contributed by atoms with van der Waals surface area (Å²) in [5, 5.41) is 15.4. The largest absolute Gasteiger partial charge is 0.487 e. The molecule has 0 radical (unpaired) electrons. The first kappa shape index (κ1) is 36.3. The molecule has 1 aliphatic rings. The molecule has 258 valence electrons. The molecule has 0 spiro atoms. The molecule has 4 N–H and O–H groups in total. The fourth-order valence-electron chi connectivity index (χ4n) is 5.26. The number of benzene rings is 2. The van der Waals surface area contributed by atoms with Crippen LogP contribution in [0, 0.1) is 0 Å². The summed E-state index contributed by atoms with van der Waals surface area (Å²) in [6, 6.07) is 16.2. The Hall–Kier alpha value is -4.54. The molecule has 1 fully saturated rings. The van der Waals surface area contributed by atoms with Crippen LogP contribution in [-0.4, -0.2) is 104 Å². The first-order valence-corrected chi connectivity index (χ1v) is 17.1. The predicted molar refractivity (Wildman–Crippen MR) is 181 cm³/mol. The zero-order chi connectivity index (χ0) is 34.7. The number of carbonyl (C=O) groups excluding carboxylic acids is 2. The fraction of sp³-hybridized carbons (Fsp3) is 0.364. The number of aromatic nitrogens is 2. The molecule has 0 atom stereocenters. The Bertz CT molecular complexity index is 1780. The van der Waals surface area contributed by atoms with Crippen molar-refractivity contribution >= 4 is 38.8 Å². The number of likely N-dealkylation sites (tertiary alicyclic amines) is 1. The van der Waals surface area contributed by atoms with E-state index in [1.54, 1.807) is 50.8 Å². The van der Waals surface area contributed by atoms with E-state index in [1.165, 1.54) is 10.1 Å². The summed E-state index contributed by atoms with van der Waals surface area (Å²) >= 11 is 0. The van der Waals surface area contributed by atoms with Crippen molar-refractivity contribution in [1.82, 2.24) is 19.8 Å². The zero-order valence-corrected chi connectivity index (χ0v) is 27.9. The second-order valence-corrected chi connectivity index (χ2v) is 12.5. The molecule has 14 nitrogen and oxygen atoms in total. The number of carbonyl (C=O) groups is 2. The van der Waals surface area contributed by atoms with Crippen LogP contribution >= 0.6 is 0 Å². The minimum Gasteiger partial charge on any atom is -0.487 e. The van der Waals surface area contributed by atoms with Gasteiger partial charge in [0.15, 0.2) is 11.5 Å². The highest BCUT2D eigenvalue weighted by atomic mass is 32.2. The fourth-order valence-corrected chi connectivity index (χ4v) is 5.26. The monoisotopic (exact) mass is 683 g/mol. The van der Waals surface area contributed by atoms with E-state index in [2.05, 4.69) is 20.5 Å². The first-order chi connectivity index (χ1) is 23.0. The van der Waals surface area contributed by atoms with Gasteiger partial charge in [0.2, 0.25) is 0 Å². The number of hydrogen-bond donors (Lipinski definition) is 4. The highest BCUT2D eigenvalue weighted by Gasteiger charge is 2.21. The minimum absolute atomic E-state index is 0.188. The molecule has 3 heterocycles. The minimum atomic E-state index is -3.67. The number of fused-ring (bicyclic) bond motifs is 1. The van der Waals surface area contributed by atoms with Gasteiger partial charge in [-0.05, 0) is 67.7 Å². The van der Waals surface area contributed by atoms with E-state index in [0.29, 0.717) is 59.5 Å². The Balaban J connectivity index is 0.000000968. The van der Waals surface area contributed by atoms with Gasteiger partial charge in [0, 0.05) is 56.2 Å². The maximum Gasteiger partial charge on any atom is 0.325 e. The summed E-state index contributed by atoms with van der Waals surface area (Å²) in [7, 11) is -0.505. The number of pyridine rings is 1. The van der Waals surface area contributed by atoms with E-state index in [4.69, 9.17) is 23.9 Å². The summed E-state index contributed by atoms with van der Waals surface area (Å²) in [5.41, 5.74) is 2.43. The molecule has 0 unspecified atom stereocenters. The number of aliphatic hydroxyl groups excluding tert-OH is 1. The van der Waals surface area contributed by atoms with Crippen molar-refractivity contribution in [3.8, 4) is 17.2 Å². The lowest BCUT2D eigenvalue weighted by atomic mass is 9.89. The Morgan fingerprint density at radius 3 is 2.38 bits per heavy atom. The molecule has 1 saturated heterocycles. The smallest absolute Gasteiger partial charge is 0.325 e. The molecule has 5 rings (SSSR count). The Morgan fingerprint density at radius 1 is 1.02 bits per heavy atom. The van der Waals surface area contributed by atoms with Gasteiger partial charge in [0.1, 0.15) is 18.2 Å². The Kier molecular flexibility index (Phi) is 12.9. The molecular weight excluding hydrogens is 642 g/mol. The van der Waals surface area contributed by atoms with Crippen molar-refractivity contribution < 1.29 is 41.9 Å². The SMILES string of the molecule is CNC(=O)n1ccc2cc(Oc3ccnc(NC(=O)c4ccc(C5CCN(CCO)CC5)cc4)c3)c(OCCOC)cc21.CS(=O)(=O)O. The third-order valence-electron chi connectivity index (χ3n) is 7.58. The lowest BCUT2D eigenvalue weighted by molar-refractivity contribution is 0.102. The average Bonchev–Trinajstić information content (AvgIpc) is 3.47. The number of ether oxygens (including phenoxy) is 3. The highest BCUT2D eigenvalue weighted by Crippen LogP contribution is 2.37. The molecule has 48 heavy (non-hydrogen) atoms. The van der Waals surface area contributed by atoms with Gasteiger partial charge in [-0.2, -0.15) is 8.42 Å². The molecule has 0 aliphatic carbocycles. The predicted octanol–water partition coefficient (Wildman–Crippen LogP) is 3.97. The summed E-state index contributed by atoms with van der Waals surface area (Å²) in [4.78, 5) is 31.9. The number of hydrogen-bond acceptors (Lipinski definition) is 10. The quantitative estimate of drug-likeness (QED) is 0.133. The number of nitrogens with one attached hydrogen (secondary N) is 2. The molecule has 2 aromatic heterocycles. The van der Waals surface area contributed by atoms with Crippen molar-refractivity contribution in [3.63, 3.8) is 0 Å². The maximum absolute atomic E-state index is 13.0. The number of rotatable bonds is 11. The third-order valence-corrected chi connectivity index (χ3v) is 7.58. The van der Waals surface area contributed by atoms with Crippen molar-refractivity contribution in [2.24, 2.45) is 0 Å². The van der Waals surface area contributed by atoms with Crippen LogP contribution in [0.5, 0.6) is 17.2 Å². The van der Waals surface area contributed by atoms with Crippen LogP contribution in [0.1, 0.15) is 34.7 Å². The molecule has 2 amide bonds. The van der Waals surface area contributed by atoms with Crippen molar-refractivity contribution in [3.05, 3.63) is 78.1 Å². The lowest BCUT2D eigenvalue weighted by Crippen LogP contribution is -2.34. The van der Waals surface area contributed by atoms with Crippen molar-refractivity contribution in [2.45, 2.75) is 18.8 Å². The number of methoxy groups -OCH3 is 1. The Morgan fingerprint density at radius 2 is 1.73 bits per heavy atom. The molecule has 2 aromatic carbocycles. The van der Waals surface area contributed by atoms with Gasteiger partial charge in [-0.25, -0.2) is 9.78 Å². The topological polar surface area (TPSA) is 182 Å². The highest BCUT2D eigenvalue weighted by molar-refractivity contribution is 7.85. The summed E-state index contributed by atoms with van der Waals surface area (Å²) in [5.74, 6) is 1.86. The summed E-state index contributed by atoms with van der Waals surface area (Å²) < 4.78 is 44.6. The van der Waals surface area contributed by atoms with Gasteiger partial charge >= 0.3 is 6.03 Å². The van der Waals surface area contributed by atoms with Crippen molar-refractivity contribution in [1.29, 1.82) is 0 Å². The first-order valence-electron chi connectivity index (χ1n) is 15.3. The van der Waals surface area contributed by atoms with Crippen LogP contribution in [0.15, 0.2) is 67.0 Å². The molecule has 4 aromatic rings. The number of aliphatic hydroxyl groups is 1. The number of amides is 2. The van der Waals surface area contributed by atoms with Gasteiger partial charge in [-0.3, -0.25) is 13.9 Å². The number of piperidine rings is 1. The number of anilines is 1. The number of nitrogens with zero attached hydrogens (tertiary/aromatic N) is 3. The van der Waals surface area contributed by atoms with Crippen LogP contribution < -0.4 is 20.1 Å². The van der Waals surface area contributed by atoms with Crippen LogP contribution in [0.3, 0.4) is 0 Å². The van der Waals surface area contributed by atoms with Gasteiger partial charge < -0.3 is 34.9 Å². The van der Waals surface area contributed by atoms with Gasteiger partial charge in [-0.1, -0.05) is 12.1 Å². The number of β-amino-alcohol motifs (C(OH)–C–C–N with tert-alkyl or cyclic N) is 1. The second kappa shape index (κ2) is 17.0. The standard InChI is InChI=1S/C32H37N5O6.CH4O3S/c1-33-32(40)37-14-10-25-19-29(28(21-27(25)37)42-18-17-41-2)43-26-7-11-34-30(20-26)35-31(39)24-5-3-22(4-6-24)23-8-12-36(13-9-23)15-16-38;1-5(2,3)4/h3-7,10-11,14,19-21,23,38H,8-9,12-13,15-18H2,1-2H3,(H,33,40)(H,34,35,39);1H3,(H,2,3,4). The van der Waals surface area contributed by atoms with Crippen LogP contribution in [-0.2, 0) is 14.9 Å². The van der Waals surface area contributed by atoms with E-state index >= 15 is 0 Å². The van der Waals surface area contributed by atoms with E-state index < -0.39 is 10.1 Å². The molecule has 15 heteroatoms. The van der Waals surface area contributed by atoms with Crippen LogP contribution in [0.25, 0.3) is 10.9 Å². The van der Waals surface area contributed by atoms with E-state index in [9.17, 15) is 18.0 Å². The normalized spacial score (nSPS) is 13.8. The van der Waals surface area contributed by atoms with E-state index in [-0.39, 0.29) is 18.5 Å². The van der Waals surface area contributed by atoms with Gasteiger partial charge in [0.05, 0.1) is 25.0 Å². The lowest BCUT2D eigenvalue weighted by Gasteiger charge is -2.31. The Labute approximate surface area is 279 Å². The van der Waals surface area contributed by atoms with Gasteiger partial charge in [0.25, 0.3) is 16.0 Å². The molecule has 1 aliphatic heterocycles. The zero-order valence-electron chi connectivity index (χ0n) is 27.1. The van der Waals surface area contributed by atoms with Crippen molar-refractivity contribution in [2.75, 3.05) is 65.2 Å². The van der Waals surface area contributed by atoms with E-state index in [1.807, 2.05) is 30.3 Å².